The molecule has 0 saturated heterocycles. The Morgan fingerprint density at radius 3 is 1.22 bits per heavy atom. The van der Waals surface area contributed by atoms with Crippen LogP contribution in [-0.4, -0.2) is 0 Å². The Morgan fingerprint density at radius 2 is 0.630 bits per heavy atom. The van der Waals surface area contributed by atoms with Gasteiger partial charge in [-0.05, 0) is 110 Å². The molecular weight excluding hydrogens is 553 g/mol. The van der Waals surface area contributed by atoms with Gasteiger partial charge < -0.3 is 0 Å². The molecular formula is C46H28. The maximum Gasteiger partial charge on any atom is -0.00139 e. The van der Waals surface area contributed by atoms with E-state index in [0.29, 0.717) is 0 Å². The molecule has 0 fully saturated rings. The summed E-state index contributed by atoms with van der Waals surface area (Å²) in [6.07, 6.45) is 0. The molecule has 0 saturated carbocycles. The first-order valence-electron chi connectivity index (χ1n) is 16.0. The summed E-state index contributed by atoms with van der Waals surface area (Å²) in [4.78, 5) is 0. The maximum atomic E-state index is 2.43. The second-order valence-corrected chi connectivity index (χ2v) is 12.4. The highest BCUT2D eigenvalue weighted by Crippen LogP contribution is 2.45. The van der Waals surface area contributed by atoms with Gasteiger partial charge in [0.05, 0.1) is 0 Å². The molecule has 0 aromatic heterocycles. The Labute approximate surface area is 266 Å². The molecule has 0 unspecified atom stereocenters. The molecule has 0 aliphatic rings. The lowest BCUT2D eigenvalue weighted by molar-refractivity contribution is 1.66. The van der Waals surface area contributed by atoms with Crippen molar-refractivity contribution >= 4 is 75.4 Å². The molecule has 0 heteroatoms. The topological polar surface area (TPSA) is 0 Å². The fourth-order valence-electron chi connectivity index (χ4n) is 7.96. The lowest BCUT2D eigenvalue weighted by atomic mass is 9.86. The summed E-state index contributed by atoms with van der Waals surface area (Å²) in [7, 11) is 0. The van der Waals surface area contributed by atoms with Crippen LogP contribution in [0.2, 0.25) is 0 Å². The minimum absolute atomic E-state index is 1.24. The Hall–Kier alpha value is -5.98. The van der Waals surface area contributed by atoms with Gasteiger partial charge in [-0.2, -0.15) is 0 Å². The van der Waals surface area contributed by atoms with E-state index in [1.54, 1.807) is 0 Å². The van der Waals surface area contributed by atoms with Crippen LogP contribution in [0.5, 0.6) is 0 Å². The minimum Gasteiger partial charge on any atom is -0.0616 e. The van der Waals surface area contributed by atoms with Crippen LogP contribution in [0.1, 0.15) is 0 Å². The zero-order chi connectivity index (χ0) is 30.2. The van der Waals surface area contributed by atoms with Gasteiger partial charge in [-0.1, -0.05) is 158 Å². The van der Waals surface area contributed by atoms with E-state index in [2.05, 4.69) is 170 Å². The van der Waals surface area contributed by atoms with Crippen LogP contribution in [0.4, 0.5) is 0 Å². The summed E-state index contributed by atoms with van der Waals surface area (Å²) < 4.78 is 0. The Bertz CT molecular complexity index is 2850. The van der Waals surface area contributed by atoms with Crippen molar-refractivity contribution in [2.24, 2.45) is 0 Å². The zero-order valence-electron chi connectivity index (χ0n) is 25.2. The average Bonchev–Trinajstić information content (AvgIpc) is 3.13. The van der Waals surface area contributed by atoms with E-state index in [0.717, 1.165) is 0 Å². The van der Waals surface area contributed by atoms with Crippen LogP contribution >= 0.6 is 0 Å². The predicted molar refractivity (Wildman–Crippen MR) is 200 cm³/mol. The summed E-state index contributed by atoms with van der Waals surface area (Å²) >= 11 is 0. The SMILES string of the molecule is c1ccc2cc(-c3cccc4c(-c5ccc6c(c5)c5ccccc5c5c7ccccc7c7ccccc7c65)cccc34)ccc2c1. The molecule has 0 atom stereocenters. The summed E-state index contributed by atoms with van der Waals surface area (Å²) in [6.45, 7) is 0. The van der Waals surface area contributed by atoms with Crippen molar-refractivity contribution in [2.45, 2.75) is 0 Å². The van der Waals surface area contributed by atoms with Crippen molar-refractivity contribution in [1.29, 1.82) is 0 Å². The number of rotatable bonds is 2. The lowest BCUT2D eigenvalue weighted by Gasteiger charge is -2.17. The van der Waals surface area contributed by atoms with E-state index in [-0.39, 0.29) is 0 Å². The van der Waals surface area contributed by atoms with E-state index in [1.807, 2.05) is 0 Å². The molecule has 0 amide bonds. The highest BCUT2D eigenvalue weighted by atomic mass is 14.2. The van der Waals surface area contributed by atoms with Crippen molar-refractivity contribution in [3.05, 3.63) is 170 Å². The van der Waals surface area contributed by atoms with Crippen LogP contribution in [0.15, 0.2) is 170 Å². The molecule has 212 valence electrons. The van der Waals surface area contributed by atoms with Gasteiger partial charge in [-0.25, -0.2) is 0 Å². The van der Waals surface area contributed by atoms with Crippen molar-refractivity contribution < 1.29 is 0 Å². The van der Waals surface area contributed by atoms with Crippen LogP contribution in [-0.2, 0) is 0 Å². The van der Waals surface area contributed by atoms with Gasteiger partial charge in [0.1, 0.15) is 0 Å². The molecule has 10 aromatic rings. The summed E-state index contributed by atoms with van der Waals surface area (Å²) in [5, 5.41) is 18.2. The predicted octanol–water partition coefficient (Wildman–Crippen LogP) is 13.1. The van der Waals surface area contributed by atoms with E-state index < -0.39 is 0 Å². The monoisotopic (exact) mass is 580 g/mol. The average molecular weight is 581 g/mol. The van der Waals surface area contributed by atoms with Crippen LogP contribution < -0.4 is 0 Å². The van der Waals surface area contributed by atoms with Crippen LogP contribution in [0, 0.1) is 0 Å². The first kappa shape index (κ1) is 25.4. The molecule has 46 heavy (non-hydrogen) atoms. The van der Waals surface area contributed by atoms with Crippen LogP contribution in [0.25, 0.3) is 97.7 Å². The third-order valence-electron chi connectivity index (χ3n) is 10.0. The minimum atomic E-state index is 1.24. The Morgan fingerprint density at radius 1 is 0.217 bits per heavy atom. The smallest absolute Gasteiger partial charge is 0.00139 e. The number of hydrogen-bond donors (Lipinski definition) is 0. The van der Waals surface area contributed by atoms with Crippen molar-refractivity contribution in [3.8, 4) is 22.3 Å². The number of hydrogen-bond acceptors (Lipinski definition) is 0. The maximum absolute atomic E-state index is 2.43. The first-order valence-corrected chi connectivity index (χ1v) is 16.0. The Balaban J connectivity index is 1.27. The normalized spacial score (nSPS) is 11.9. The molecule has 0 bridgehead atoms. The molecule has 0 spiro atoms. The summed E-state index contributed by atoms with van der Waals surface area (Å²) in [6, 6.07) is 62.8. The Kier molecular flexibility index (Phi) is 5.38. The molecule has 0 aliphatic carbocycles. The first-order chi connectivity index (χ1) is 22.8. The molecule has 0 heterocycles. The van der Waals surface area contributed by atoms with E-state index in [4.69, 9.17) is 0 Å². The van der Waals surface area contributed by atoms with Gasteiger partial charge in [0, 0.05) is 0 Å². The van der Waals surface area contributed by atoms with Gasteiger partial charge in [0.15, 0.2) is 0 Å². The highest BCUT2D eigenvalue weighted by Gasteiger charge is 2.17. The number of benzene rings is 10. The number of fused-ring (bicyclic) bond motifs is 13. The molecule has 0 aliphatic heterocycles. The third-order valence-corrected chi connectivity index (χ3v) is 10.0. The van der Waals surface area contributed by atoms with Gasteiger partial charge in [-0.15, -0.1) is 0 Å². The zero-order valence-corrected chi connectivity index (χ0v) is 25.2. The van der Waals surface area contributed by atoms with E-state index in [9.17, 15) is 0 Å². The highest BCUT2D eigenvalue weighted by molar-refractivity contribution is 6.39. The molecule has 0 N–H and O–H groups in total. The second-order valence-electron chi connectivity index (χ2n) is 12.4. The largest absolute Gasteiger partial charge is 0.0616 e. The van der Waals surface area contributed by atoms with Gasteiger partial charge >= 0.3 is 0 Å². The molecule has 10 aromatic carbocycles. The second kappa shape index (κ2) is 9.76. The fourth-order valence-corrected chi connectivity index (χ4v) is 7.96. The molecule has 0 radical (unpaired) electrons. The molecule has 10 rings (SSSR count). The van der Waals surface area contributed by atoms with Crippen molar-refractivity contribution in [2.75, 3.05) is 0 Å². The van der Waals surface area contributed by atoms with Crippen molar-refractivity contribution in [1.82, 2.24) is 0 Å². The van der Waals surface area contributed by atoms with Gasteiger partial charge in [0.2, 0.25) is 0 Å². The van der Waals surface area contributed by atoms with E-state index in [1.165, 1.54) is 97.7 Å². The van der Waals surface area contributed by atoms with Crippen molar-refractivity contribution in [3.63, 3.8) is 0 Å². The quantitative estimate of drug-likeness (QED) is 0.178. The fraction of sp³-hybridized carbons (Fsp3) is 0. The molecule has 0 nitrogen and oxygen atoms in total. The summed E-state index contributed by atoms with van der Waals surface area (Å²) in [5.74, 6) is 0. The standard InChI is InChI=1S/C46H28/c1-2-12-30-27-31(24-23-29(30)11-1)33-19-9-22-36-34(20-10-21-35(33)36)32-25-26-43-44(28-32)39-15-5-8-18-42(39)45-40-16-6-3-13-37(40)38-14-4-7-17-41(38)46(43)45/h1-28H. The van der Waals surface area contributed by atoms with Gasteiger partial charge in [0.25, 0.3) is 0 Å². The van der Waals surface area contributed by atoms with E-state index >= 15 is 0 Å². The van der Waals surface area contributed by atoms with Gasteiger partial charge in [-0.3, -0.25) is 0 Å². The third kappa shape index (κ3) is 3.62. The summed E-state index contributed by atoms with van der Waals surface area (Å²) in [5.41, 5.74) is 5.01. The lowest BCUT2D eigenvalue weighted by Crippen LogP contribution is -1.89. The van der Waals surface area contributed by atoms with Crippen LogP contribution in [0.3, 0.4) is 0 Å².